The van der Waals surface area contributed by atoms with Gasteiger partial charge in [0.05, 0.1) is 16.8 Å². The summed E-state index contributed by atoms with van der Waals surface area (Å²) in [5, 5.41) is 8.65. The van der Waals surface area contributed by atoms with Crippen molar-refractivity contribution in [2.75, 3.05) is 0 Å². The molecule has 0 spiro atoms. The van der Waals surface area contributed by atoms with E-state index in [0.29, 0.717) is 5.69 Å². The van der Waals surface area contributed by atoms with E-state index in [2.05, 4.69) is 36.8 Å². The van der Waals surface area contributed by atoms with Crippen LogP contribution in [-0.4, -0.2) is 10.1 Å². The highest BCUT2D eigenvalue weighted by molar-refractivity contribution is 9.13. The largest absolute Gasteiger partial charge is 0.390 e. The molecule has 1 aromatic rings. The van der Waals surface area contributed by atoms with Crippen molar-refractivity contribution in [2.24, 2.45) is 0 Å². The average molecular weight is 267 g/mol. The first-order valence-electron chi connectivity index (χ1n) is 2.65. The van der Waals surface area contributed by atoms with Crippen LogP contribution in [0, 0.1) is 0 Å². The Kier molecular flexibility index (Phi) is 2.82. The average Bonchev–Trinajstić information content (AvgIpc) is 1.95. The zero-order valence-corrected chi connectivity index (χ0v) is 8.18. The topological polar surface area (TPSA) is 33.1 Å². The van der Waals surface area contributed by atoms with Crippen LogP contribution in [0.4, 0.5) is 0 Å². The number of aliphatic hydroxyl groups is 1. The van der Waals surface area contributed by atoms with Crippen LogP contribution in [0.1, 0.15) is 5.69 Å². The summed E-state index contributed by atoms with van der Waals surface area (Å²) in [6.45, 7) is -0.0219. The van der Waals surface area contributed by atoms with Crippen LogP contribution in [0.3, 0.4) is 0 Å². The van der Waals surface area contributed by atoms with E-state index in [4.69, 9.17) is 5.11 Å². The Morgan fingerprint density at radius 1 is 1.40 bits per heavy atom. The molecule has 0 fully saturated rings. The number of hydrogen-bond donors (Lipinski definition) is 1. The van der Waals surface area contributed by atoms with Gasteiger partial charge in [0.25, 0.3) is 0 Å². The molecule has 1 rings (SSSR count). The molecule has 0 bridgehead atoms. The predicted octanol–water partition coefficient (Wildman–Crippen LogP) is 2.10. The first-order chi connectivity index (χ1) is 4.74. The van der Waals surface area contributed by atoms with Gasteiger partial charge in [0, 0.05) is 10.7 Å². The smallest absolute Gasteiger partial charge is 0.0853 e. The molecule has 0 aliphatic carbocycles. The summed E-state index contributed by atoms with van der Waals surface area (Å²) < 4.78 is 1.80. The second-order valence-corrected chi connectivity index (χ2v) is 3.46. The van der Waals surface area contributed by atoms with Crippen LogP contribution in [0.2, 0.25) is 0 Å². The van der Waals surface area contributed by atoms with E-state index in [1.165, 1.54) is 0 Å². The molecule has 0 aliphatic heterocycles. The van der Waals surface area contributed by atoms with Crippen LogP contribution < -0.4 is 0 Å². The van der Waals surface area contributed by atoms with Gasteiger partial charge in [-0.05, 0) is 37.9 Å². The van der Waals surface area contributed by atoms with Gasteiger partial charge in [-0.2, -0.15) is 0 Å². The highest BCUT2D eigenvalue weighted by Gasteiger charge is 1.97. The van der Waals surface area contributed by atoms with Crippen LogP contribution in [0.15, 0.2) is 21.2 Å². The molecule has 10 heavy (non-hydrogen) atoms. The molecule has 0 saturated heterocycles. The fourth-order valence-electron chi connectivity index (χ4n) is 0.540. The van der Waals surface area contributed by atoms with E-state index in [1.807, 2.05) is 0 Å². The fraction of sp³-hybridized carbons (Fsp3) is 0.167. The summed E-state index contributed by atoms with van der Waals surface area (Å²) in [5.41, 5.74) is 0.662. The maximum absolute atomic E-state index is 8.65. The Morgan fingerprint density at radius 3 is 2.60 bits per heavy atom. The summed E-state index contributed by atoms with van der Waals surface area (Å²) in [5.74, 6) is 0. The summed E-state index contributed by atoms with van der Waals surface area (Å²) in [6.07, 6.45) is 1.65. The Hall–Kier alpha value is 0.0700. The van der Waals surface area contributed by atoms with E-state index >= 15 is 0 Å². The highest BCUT2D eigenvalue weighted by atomic mass is 79.9. The van der Waals surface area contributed by atoms with E-state index in [-0.39, 0.29) is 6.61 Å². The SMILES string of the molecule is OCc1cc(Br)c(Br)cn1. The molecular weight excluding hydrogens is 262 g/mol. The minimum absolute atomic E-state index is 0.0219. The van der Waals surface area contributed by atoms with Gasteiger partial charge in [0.1, 0.15) is 0 Å². The lowest BCUT2D eigenvalue weighted by atomic mass is 10.4. The summed E-state index contributed by atoms with van der Waals surface area (Å²) in [4.78, 5) is 3.93. The quantitative estimate of drug-likeness (QED) is 0.845. The Labute approximate surface area is 75.5 Å². The molecule has 0 aromatic carbocycles. The third-order valence-corrected chi connectivity index (χ3v) is 2.85. The van der Waals surface area contributed by atoms with Gasteiger partial charge in [-0.3, -0.25) is 4.98 Å². The van der Waals surface area contributed by atoms with Gasteiger partial charge >= 0.3 is 0 Å². The fourth-order valence-corrected chi connectivity index (χ4v) is 1.12. The monoisotopic (exact) mass is 265 g/mol. The summed E-state index contributed by atoms with van der Waals surface area (Å²) >= 11 is 6.56. The molecular formula is C6H5Br2NO. The molecule has 0 saturated carbocycles. The number of pyridine rings is 1. The Morgan fingerprint density at radius 2 is 2.10 bits per heavy atom. The third kappa shape index (κ3) is 1.78. The lowest BCUT2D eigenvalue weighted by molar-refractivity contribution is 0.276. The van der Waals surface area contributed by atoms with Gasteiger partial charge in [-0.25, -0.2) is 0 Å². The maximum atomic E-state index is 8.65. The minimum atomic E-state index is -0.0219. The number of aromatic nitrogens is 1. The molecule has 0 aliphatic rings. The van der Waals surface area contributed by atoms with Crippen LogP contribution in [-0.2, 0) is 6.61 Å². The molecule has 54 valence electrons. The van der Waals surface area contributed by atoms with Crippen molar-refractivity contribution >= 4 is 31.9 Å². The number of hydrogen-bond acceptors (Lipinski definition) is 2. The lowest BCUT2D eigenvalue weighted by Crippen LogP contribution is -1.87. The molecule has 0 radical (unpaired) electrons. The van der Waals surface area contributed by atoms with Crippen LogP contribution in [0.25, 0.3) is 0 Å². The van der Waals surface area contributed by atoms with Gasteiger partial charge in [-0.15, -0.1) is 0 Å². The summed E-state index contributed by atoms with van der Waals surface area (Å²) in [6, 6.07) is 1.77. The number of rotatable bonds is 1. The third-order valence-electron chi connectivity index (χ3n) is 1.03. The first kappa shape index (κ1) is 8.17. The highest BCUT2D eigenvalue weighted by Crippen LogP contribution is 2.21. The maximum Gasteiger partial charge on any atom is 0.0853 e. The zero-order chi connectivity index (χ0) is 7.56. The lowest BCUT2D eigenvalue weighted by Gasteiger charge is -1.96. The molecule has 0 unspecified atom stereocenters. The van der Waals surface area contributed by atoms with E-state index in [1.54, 1.807) is 12.3 Å². The first-order valence-corrected chi connectivity index (χ1v) is 4.23. The second kappa shape index (κ2) is 3.46. The van der Waals surface area contributed by atoms with Crippen LogP contribution in [0.5, 0.6) is 0 Å². The van der Waals surface area contributed by atoms with Crippen molar-refractivity contribution in [1.82, 2.24) is 4.98 Å². The van der Waals surface area contributed by atoms with Gasteiger partial charge in [0.2, 0.25) is 0 Å². The molecule has 1 N–H and O–H groups in total. The standard InChI is InChI=1S/C6H5Br2NO/c7-5-1-4(3-10)9-2-6(5)8/h1-2,10H,3H2. The molecule has 0 amide bonds. The second-order valence-electron chi connectivity index (χ2n) is 1.75. The Bertz CT molecular complexity index is 239. The van der Waals surface area contributed by atoms with Gasteiger partial charge in [0.15, 0.2) is 0 Å². The van der Waals surface area contributed by atoms with Gasteiger partial charge in [-0.1, -0.05) is 0 Å². The number of aliphatic hydroxyl groups excluding tert-OH is 1. The zero-order valence-electron chi connectivity index (χ0n) is 5.01. The number of nitrogens with zero attached hydrogens (tertiary/aromatic N) is 1. The molecule has 4 heteroatoms. The van der Waals surface area contributed by atoms with E-state index in [0.717, 1.165) is 8.95 Å². The molecule has 0 atom stereocenters. The van der Waals surface area contributed by atoms with Crippen molar-refractivity contribution in [3.8, 4) is 0 Å². The van der Waals surface area contributed by atoms with Crippen molar-refractivity contribution in [3.05, 3.63) is 26.9 Å². The van der Waals surface area contributed by atoms with Crippen molar-refractivity contribution < 1.29 is 5.11 Å². The molecule has 1 heterocycles. The molecule has 1 aromatic heterocycles. The Balaban J connectivity index is 3.04. The molecule has 2 nitrogen and oxygen atoms in total. The van der Waals surface area contributed by atoms with Gasteiger partial charge < -0.3 is 5.11 Å². The van der Waals surface area contributed by atoms with E-state index in [9.17, 15) is 0 Å². The van der Waals surface area contributed by atoms with Crippen molar-refractivity contribution in [1.29, 1.82) is 0 Å². The summed E-state index contributed by atoms with van der Waals surface area (Å²) in [7, 11) is 0. The van der Waals surface area contributed by atoms with Crippen LogP contribution >= 0.6 is 31.9 Å². The van der Waals surface area contributed by atoms with E-state index < -0.39 is 0 Å². The number of halogens is 2. The predicted molar refractivity (Wildman–Crippen MR) is 45.6 cm³/mol. The van der Waals surface area contributed by atoms with Crippen molar-refractivity contribution in [2.45, 2.75) is 6.61 Å². The van der Waals surface area contributed by atoms with Crippen molar-refractivity contribution in [3.63, 3.8) is 0 Å². The normalized spacial score (nSPS) is 9.90. The minimum Gasteiger partial charge on any atom is -0.390 e.